The lowest BCUT2D eigenvalue weighted by atomic mass is 9.73. The van der Waals surface area contributed by atoms with Gasteiger partial charge >= 0.3 is 0 Å². The predicted octanol–water partition coefficient (Wildman–Crippen LogP) is 4.91. The summed E-state index contributed by atoms with van der Waals surface area (Å²) in [5.74, 6) is 0.418. The van der Waals surface area contributed by atoms with Crippen molar-refractivity contribution in [1.82, 2.24) is 4.98 Å². The van der Waals surface area contributed by atoms with Gasteiger partial charge in [0.05, 0.1) is 22.7 Å². The van der Waals surface area contributed by atoms with E-state index in [2.05, 4.69) is 65.6 Å². The molecule has 3 unspecified atom stereocenters. The first-order valence-electron chi connectivity index (χ1n) is 8.47. The number of benzene rings is 2. The van der Waals surface area contributed by atoms with Crippen molar-refractivity contribution in [2.24, 2.45) is 0 Å². The highest BCUT2D eigenvalue weighted by molar-refractivity contribution is 7.15. The van der Waals surface area contributed by atoms with Gasteiger partial charge in [0.2, 0.25) is 0 Å². The zero-order valence-electron chi connectivity index (χ0n) is 13.3. The van der Waals surface area contributed by atoms with Crippen LogP contribution in [0.4, 0.5) is 10.8 Å². The third kappa shape index (κ3) is 1.99. The number of rotatable bonds is 2. The maximum absolute atomic E-state index is 6.07. The van der Waals surface area contributed by atoms with E-state index in [0.29, 0.717) is 23.1 Å². The van der Waals surface area contributed by atoms with Crippen molar-refractivity contribution in [2.75, 3.05) is 10.6 Å². The second-order valence-corrected chi connectivity index (χ2v) is 7.66. The molecule has 4 heteroatoms. The zero-order valence-corrected chi connectivity index (χ0v) is 14.1. The molecule has 3 aromatic rings. The summed E-state index contributed by atoms with van der Waals surface area (Å²) in [7, 11) is 0. The Kier molecular flexibility index (Phi) is 3.13. The maximum Gasteiger partial charge on any atom is 0.180 e. The van der Waals surface area contributed by atoms with Crippen LogP contribution < -0.4 is 10.6 Å². The van der Waals surface area contributed by atoms with Crippen LogP contribution in [0.25, 0.3) is 0 Å². The van der Waals surface area contributed by atoms with Gasteiger partial charge in [-0.2, -0.15) is 0 Å². The molecular weight excluding hydrogens is 314 g/mol. The maximum atomic E-state index is 6.07. The van der Waals surface area contributed by atoms with Crippen molar-refractivity contribution in [1.29, 1.82) is 0 Å². The second kappa shape index (κ2) is 5.35. The van der Waals surface area contributed by atoms with E-state index in [1.165, 1.54) is 34.7 Å². The van der Waals surface area contributed by atoms with E-state index in [0.717, 1.165) is 0 Å². The first-order valence-corrected chi connectivity index (χ1v) is 9.29. The van der Waals surface area contributed by atoms with Gasteiger partial charge in [0.15, 0.2) is 5.13 Å². The number of nitrogens with zero attached hydrogens (tertiary/aromatic N) is 2. The number of hydrogen-bond donors (Lipinski definition) is 1. The van der Waals surface area contributed by atoms with Gasteiger partial charge in [-0.15, -0.1) is 0 Å². The zero-order chi connectivity index (χ0) is 16.1. The smallest absolute Gasteiger partial charge is 0.180 e. The number of hydrogen-bond acceptors (Lipinski definition) is 4. The summed E-state index contributed by atoms with van der Waals surface area (Å²) in [6, 6.07) is 22.4. The Morgan fingerprint density at radius 3 is 2.42 bits per heavy atom. The fraction of sp³-hybridized carbons (Fsp3) is 0.250. The number of fused-ring (bicyclic) bond motifs is 2. The van der Waals surface area contributed by atoms with Gasteiger partial charge < -0.3 is 10.6 Å². The van der Waals surface area contributed by atoms with Gasteiger partial charge in [-0.05, 0) is 30.5 Å². The Bertz CT molecular complexity index is 788. The van der Waals surface area contributed by atoms with Crippen LogP contribution in [0.3, 0.4) is 0 Å². The lowest BCUT2D eigenvalue weighted by Gasteiger charge is -2.51. The Balaban J connectivity index is 1.71. The van der Waals surface area contributed by atoms with Crippen molar-refractivity contribution in [2.45, 2.75) is 30.8 Å². The van der Waals surface area contributed by atoms with Gasteiger partial charge in [0.25, 0.3) is 0 Å². The average molecular weight is 333 g/mol. The van der Waals surface area contributed by atoms with E-state index < -0.39 is 0 Å². The van der Waals surface area contributed by atoms with Crippen LogP contribution in [0.2, 0.25) is 0 Å². The highest BCUT2D eigenvalue weighted by Crippen LogP contribution is 2.58. The second-order valence-electron chi connectivity index (χ2n) is 6.60. The number of anilines is 2. The monoisotopic (exact) mass is 333 g/mol. The molecular formula is C20H19N3S. The third-order valence-electron chi connectivity index (χ3n) is 5.31. The summed E-state index contributed by atoms with van der Waals surface area (Å²) >= 11 is 1.67. The van der Waals surface area contributed by atoms with Gasteiger partial charge in [0.1, 0.15) is 0 Å². The standard InChI is InChI=1S/C20H19N3S/c21-20-22-17-15-11-12-16(19(17)24-20)23(14-9-5-2-6-10-14)18(15)13-7-3-1-4-8-13/h1-10,15-16,18H,11-12H2,(H2,21,22). The molecule has 0 spiro atoms. The molecule has 1 aliphatic carbocycles. The van der Waals surface area contributed by atoms with E-state index in [-0.39, 0.29) is 0 Å². The number of nitrogen functional groups attached to an aromatic ring is 1. The van der Waals surface area contributed by atoms with E-state index in [9.17, 15) is 0 Å². The van der Waals surface area contributed by atoms with Crippen molar-refractivity contribution in [3.63, 3.8) is 0 Å². The molecule has 3 aliphatic rings. The van der Waals surface area contributed by atoms with Crippen molar-refractivity contribution in [3.05, 3.63) is 76.8 Å². The van der Waals surface area contributed by atoms with E-state index in [1.54, 1.807) is 11.3 Å². The van der Waals surface area contributed by atoms with Crippen molar-refractivity contribution in [3.8, 4) is 0 Å². The quantitative estimate of drug-likeness (QED) is 0.725. The first kappa shape index (κ1) is 14.1. The Morgan fingerprint density at radius 2 is 1.67 bits per heavy atom. The molecule has 3 nitrogen and oxygen atoms in total. The van der Waals surface area contributed by atoms with Crippen LogP contribution in [0.15, 0.2) is 60.7 Å². The average Bonchev–Trinajstić information content (AvgIpc) is 3.06. The molecule has 2 N–H and O–H groups in total. The van der Waals surface area contributed by atoms with Crippen LogP contribution in [-0.4, -0.2) is 4.98 Å². The highest BCUT2D eigenvalue weighted by Gasteiger charge is 2.48. The van der Waals surface area contributed by atoms with Crippen molar-refractivity contribution < 1.29 is 0 Å². The summed E-state index contributed by atoms with van der Waals surface area (Å²) in [5.41, 5.74) is 9.97. The first-order chi connectivity index (χ1) is 11.8. The van der Waals surface area contributed by atoms with Crippen LogP contribution in [0, 0.1) is 0 Å². The van der Waals surface area contributed by atoms with Crippen LogP contribution in [-0.2, 0) is 0 Å². The van der Waals surface area contributed by atoms with Gasteiger partial charge in [-0.3, -0.25) is 0 Å². The Morgan fingerprint density at radius 1 is 0.958 bits per heavy atom. The SMILES string of the molecule is Nc1nc2c(s1)C1CCC2C(c2ccccc2)N1c1ccccc1. The lowest BCUT2D eigenvalue weighted by Crippen LogP contribution is -2.44. The van der Waals surface area contributed by atoms with Crippen molar-refractivity contribution >= 4 is 22.2 Å². The summed E-state index contributed by atoms with van der Waals surface area (Å²) in [5, 5.41) is 0.707. The fourth-order valence-corrected chi connectivity index (χ4v) is 5.45. The van der Waals surface area contributed by atoms with Gasteiger partial charge in [-0.25, -0.2) is 4.98 Å². The van der Waals surface area contributed by atoms with E-state index in [1.807, 2.05) is 0 Å². The topological polar surface area (TPSA) is 42.1 Å². The minimum Gasteiger partial charge on any atom is -0.375 e. The number of para-hydroxylation sites is 1. The van der Waals surface area contributed by atoms with Crippen LogP contribution in [0.5, 0.6) is 0 Å². The molecule has 1 saturated heterocycles. The lowest BCUT2D eigenvalue weighted by molar-refractivity contribution is 0.314. The molecule has 1 fully saturated rings. The molecule has 3 heterocycles. The molecule has 1 aromatic heterocycles. The predicted molar refractivity (Wildman–Crippen MR) is 99.3 cm³/mol. The molecule has 0 radical (unpaired) electrons. The summed E-state index contributed by atoms with van der Waals surface area (Å²) in [4.78, 5) is 8.68. The molecule has 0 saturated carbocycles. The van der Waals surface area contributed by atoms with Crippen LogP contribution in [0.1, 0.15) is 47.0 Å². The normalized spacial score (nSPS) is 24.8. The summed E-state index contributed by atoms with van der Waals surface area (Å²) in [6.07, 6.45) is 2.36. The molecule has 3 atom stereocenters. The highest BCUT2D eigenvalue weighted by atomic mass is 32.1. The Labute approximate surface area is 145 Å². The Hall–Kier alpha value is -2.33. The number of aromatic nitrogens is 1. The molecule has 6 rings (SSSR count). The molecule has 0 amide bonds. The molecule has 2 aliphatic heterocycles. The molecule has 2 bridgehead atoms. The molecule has 120 valence electrons. The largest absolute Gasteiger partial charge is 0.375 e. The number of piperidine rings is 1. The minimum atomic E-state index is 0.335. The van der Waals surface area contributed by atoms with Crippen LogP contribution >= 0.6 is 11.3 Å². The molecule has 24 heavy (non-hydrogen) atoms. The summed E-state index contributed by atoms with van der Waals surface area (Å²) in [6.45, 7) is 0. The van der Waals surface area contributed by atoms with Gasteiger partial charge in [0, 0.05) is 11.6 Å². The van der Waals surface area contributed by atoms with E-state index >= 15 is 0 Å². The number of thiazole rings is 1. The number of nitrogens with two attached hydrogens (primary N) is 1. The van der Waals surface area contributed by atoms with Gasteiger partial charge in [-0.1, -0.05) is 59.9 Å². The summed E-state index contributed by atoms with van der Waals surface area (Å²) < 4.78 is 0. The third-order valence-corrected chi connectivity index (χ3v) is 6.32. The molecule has 2 aromatic carbocycles. The minimum absolute atomic E-state index is 0.335. The fourth-order valence-electron chi connectivity index (χ4n) is 4.42. The van der Waals surface area contributed by atoms with E-state index in [4.69, 9.17) is 10.7 Å².